The molecule has 0 N–H and O–H groups in total. The van der Waals surface area contributed by atoms with Gasteiger partial charge in [-0.3, -0.25) is 0 Å². The van der Waals surface area contributed by atoms with Crippen LogP contribution in [0.15, 0.2) is 0 Å². The zero-order valence-electron chi connectivity index (χ0n) is 6.73. The molecule has 0 nitrogen and oxygen atoms in total. The zero-order valence-corrected chi connectivity index (χ0v) is 6.73. The molecule has 0 aromatic rings. The third-order valence-electron chi connectivity index (χ3n) is 0.770. The summed E-state index contributed by atoms with van der Waals surface area (Å²) in [4.78, 5) is 0. The Kier molecular flexibility index (Phi) is 8.30. The molecule has 0 unspecified atom stereocenters. The van der Waals surface area contributed by atoms with Crippen LogP contribution in [0.25, 0.3) is 0 Å². The molecular formula is C6H14BLi. The van der Waals surface area contributed by atoms with Crippen LogP contribution in [-0.4, -0.2) is 7.28 Å². The Hall–Kier alpha value is 0.662. The van der Waals surface area contributed by atoms with Crippen molar-refractivity contribution in [2.75, 3.05) is 0 Å². The fraction of sp³-hybridized carbons (Fsp3) is 1.00. The second-order valence-corrected chi connectivity index (χ2v) is 2.68. The van der Waals surface area contributed by atoms with Crippen LogP contribution in [0.4, 0.5) is 0 Å². The third-order valence-corrected chi connectivity index (χ3v) is 0.770. The molecule has 42 valence electrons. The number of hydrogen-bond donors (Lipinski definition) is 0. The Balaban J connectivity index is 0. The fourth-order valence-corrected chi connectivity index (χ4v) is 0.770. The maximum Gasteiger partial charge on any atom is 1.00 e. The van der Waals surface area contributed by atoms with Gasteiger partial charge in [0.05, 0.1) is 0 Å². The minimum absolute atomic E-state index is 0. The SMILES string of the molecule is CC(C)[B-]C(C)C.[Li+]. The Labute approximate surface area is 65.8 Å². The van der Waals surface area contributed by atoms with E-state index in [4.69, 9.17) is 0 Å². The first-order valence-corrected chi connectivity index (χ1v) is 2.98. The second-order valence-electron chi connectivity index (χ2n) is 2.68. The molecule has 0 aromatic carbocycles. The predicted octanol–water partition coefficient (Wildman–Crippen LogP) is -0.649. The first kappa shape index (κ1) is 11.5. The summed E-state index contributed by atoms with van der Waals surface area (Å²) in [5.41, 5.74) is 0. The first-order valence-electron chi connectivity index (χ1n) is 2.98. The standard InChI is InChI=1S/C6H14B.Li/c1-5(2)7-6(3)4;/h5-6H,1-4H3;/q-1;+1. The van der Waals surface area contributed by atoms with Crippen molar-refractivity contribution in [1.29, 1.82) is 0 Å². The van der Waals surface area contributed by atoms with Crippen molar-refractivity contribution in [3.8, 4) is 0 Å². The normalized spacial score (nSPS) is 9.75. The topological polar surface area (TPSA) is 0 Å². The fourth-order valence-electron chi connectivity index (χ4n) is 0.770. The van der Waals surface area contributed by atoms with Gasteiger partial charge >= 0.3 is 18.9 Å². The van der Waals surface area contributed by atoms with E-state index in [1.54, 1.807) is 0 Å². The Morgan fingerprint density at radius 2 is 1.12 bits per heavy atom. The summed E-state index contributed by atoms with van der Waals surface area (Å²) in [6.45, 7) is 8.83. The molecule has 0 atom stereocenters. The summed E-state index contributed by atoms with van der Waals surface area (Å²) in [6.07, 6.45) is 0. The summed E-state index contributed by atoms with van der Waals surface area (Å²) >= 11 is 0. The van der Waals surface area contributed by atoms with E-state index < -0.39 is 0 Å². The molecule has 0 bridgehead atoms. The quantitative estimate of drug-likeness (QED) is 0.408. The van der Waals surface area contributed by atoms with E-state index in [0.717, 1.165) is 11.6 Å². The molecule has 0 heterocycles. The molecule has 0 fully saturated rings. The van der Waals surface area contributed by atoms with Crippen LogP contribution in [0.3, 0.4) is 0 Å². The van der Waals surface area contributed by atoms with E-state index in [9.17, 15) is 0 Å². The average molecular weight is 104 g/mol. The van der Waals surface area contributed by atoms with Gasteiger partial charge in [0.1, 0.15) is 0 Å². The Morgan fingerprint density at radius 1 is 0.875 bits per heavy atom. The molecular weight excluding hydrogens is 89.8 g/mol. The monoisotopic (exact) mass is 104 g/mol. The summed E-state index contributed by atoms with van der Waals surface area (Å²) < 4.78 is 0. The molecule has 0 aromatic heterocycles. The average Bonchev–Trinajstić information content (AvgIpc) is 1.27. The van der Waals surface area contributed by atoms with E-state index >= 15 is 0 Å². The molecule has 0 aliphatic rings. The number of rotatable bonds is 2. The van der Waals surface area contributed by atoms with Crippen molar-refractivity contribution in [2.45, 2.75) is 39.3 Å². The van der Waals surface area contributed by atoms with Gasteiger partial charge in [-0.1, -0.05) is 27.7 Å². The predicted molar refractivity (Wildman–Crippen MR) is 35.9 cm³/mol. The number of hydrogen-bond acceptors (Lipinski definition) is 0. The van der Waals surface area contributed by atoms with E-state index in [1.165, 1.54) is 0 Å². The van der Waals surface area contributed by atoms with E-state index in [1.807, 2.05) is 0 Å². The van der Waals surface area contributed by atoms with Gasteiger partial charge in [-0.15, -0.1) is 0 Å². The second kappa shape index (κ2) is 5.79. The van der Waals surface area contributed by atoms with Crippen LogP contribution in [0.2, 0.25) is 11.6 Å². The van der Waals surface area contributed by atoms with E-state index in [2.05, 4.69) is 35.0 Å². The summed E-state index contributed by atoms with van der Waals surface area (Å²) in [6, 6.07) is 0. The molecule has 0 aliphatic carbocycles. The van der Waals surface area contributed by atoms with Crippen molar-refractivity contribution in [2.24, 2.45) is 0 Å². The van der Waals surface area contributed by atoms with Crippen molar-refractivity contribution < 1.29 is 18.9 Å². The van der Waals surface area contributed by atoms with Gasteiger partial charge in [-0.05, 0) is 0 Å². The molecule has 0 saturated heterocycles. The maximum atomic E-state index is 2.33. The van der Waals surface area contributed by atoms with E-state index in [0.29, 0.717) is 0 Å². The van der Waals surface area contributed by atoms with Crippen LogP contribution in [0.5, 0.6) is 0 Å². The summed E-state index contributed by atoms with van der Waals surface area (Å²) in [5.74, 6) is 1.50. The third kappa shape index (κ3) is 9.83. The largest absolute Gasteiger partial charge is 1.00 e. The van der Waals surface area contributed by atoms with Crippen LogP contribution in [0.1, 0.15) is 27.7 Å². The van der Waals surface area contributed by atoms with Crippen molar-refractivity contribution in [1.82, 2.24) is 0 Å². The minimum atomic E-state index is 0. The van der Waals surface area contributed by atoms with Crippen molar-refractivity contribution in [3.05, 3.63) is 0 Å². The molecule has 2 heteroatoms. The van der Waals surface area contributed by atoms with Crippen LogP contribution < -0.4 is 18.9 Å². The summed E-state index contributed by atoms with van der Waals surface area (Å²) in [7, 11) is 2.33. The molecule has 0 amide bonds. The van der Waals surface area contributed by atoms with Gasteiger partial charge in [-0.25, -0.2) is 11.6 Å². The van der Waals surface area contributed by atoms with Gasteiger partial charge in [0.2, 0.25) is 0 Å². The van der Waals surface area contributed by atoms with Gasteiger partial charge in [0.15, 0.2) is 0 Å². The summed E-state index contributed by atoms with van der Waals surface area (Å²) in [5, 5.41) is 0. The molecule has 0 aliphatic heterocycles. The van der Waals surface area contributed by atoms with Gasteiger partial charge < -0.3 is 7.28 Å². The first-order chi connectivity index (χ1) is 3.13. The van der Waals surface area contributed by atoms with Crippen LogP contribution in [-0.2, 0) is 0 Å². The van der Waals surface area contributed by atoms with Gasteiger partial charge in [0, 0.05) is 0 Å². The molecule has 0 rings (SSSR count). The Bertz CT molecular complexity index is 37.8. The zero-order chi connectivity index (χ0) is 5.86. The molecule has 0 spiro atoms. The minimum Gasteiger partial charge on any atom is -0.329 e. The van der Waals surface area contributed by atoms with Crippen LogP contribution in [0, 0.1) is 0 Å². The smallest absolute Gasteiger partial charge is 0.329 e. The van der Waals surface area contributed by atoms with Gasteiger partial charge in [0.25, 0.3) is 0 Å². The molecule has 8 heavy (non-hydrogen) atoms. The van der Waals surface area contributed by atoms with Gasteiger partial charge in [-0.2, -0.15) is 0 Å². The van der Waals surface area contributed by atoms with Crippen LogP contribution >= 0.6 is 0 Å². The molecule has 2 radical (unpaired) electrons. The van der Waals surface area contributed by atoms with Crippen molar-refractivity contribution >= 4 is 7.28 Å². The Morgan fingerprint density at radius 3 is 1.12 bits per heavy atom. The maximum absolute atomic E-state index is 2.33. The molecule has 0 saturated carbocycles. The van der Waals surface area contributed by atoms with E-state index in [-0.39, 0.29) is 18.9 Å². The van der Waals surface area contributed by atoms with Crippen molar-refractivity contribution in [3.63, 3.8) is 0 Å².